The Kier molecular flexibility index (Phi) is 3.37. The van der Waals surface area contributed by atoms with E-state index >= 15 is 0 Å². The monoisotopic (exact) mass is 330 g/mol. The molecule has 1 unspecified atom stereocenters. The van der Waals surface area contributed by atoms with Crippen LogP contribution in [0.15, 0.2) is 24.3 Å². The van der Waals surface area contributed by atoms with Crippen molar-refractivity contribution in [3.8, 4) is 28.7 Å². The highest BCUT2D eigenvalue weighted by atomic mass is 16.5. The van der Waals surface area contributed by atoms with E-state index < -0.39 is 5.60 Å². The maximum Gasteiger partial charge on any atom is 0.161 e. The highest BCUT2D eigenvalue weighted by Crippen LogP contribution is 2.53. The van der Waals surface area contributed by atoms with E-state index in [0.717, 1.165) is 5.56 Å². The Balaban J connectivity index is 2.17. The second-order valence-corrected chi connectivity index (χ2v) is 7.39. The van der Waals surface area contributed by atoms with Crippen LogP contribution in [-0.2, 0) is 11.0 Å². The summed E-state index contributed by atoms with van der Waals surface area (Å²) in [5, 5.41) is 40.0. The van der Waals surface area contributed by atoms with Gasteiger partial charge in [0.05, 0.1) is 0 Å². The van der Waals surface area contributed by atoms with E-state index in [2.05, 4.69) is 0 Å². The number of ether oxygens (including phenoxy) is 1. The molecule has 1 aliphatic heterocycles. The van der Waals surface area contributed by atoms with Crippen molar-refractivity contribution < 1.29 is 25.2 Å². The van der Waals surface area contributed by atoms with E-state index in [0.29, 0.717) is 23.3 Å². The molecule has 24 heavy (non-hydrogen) atoms. The lowest BCUT2D eigenvalue weighted by atomic mass is 9.71. The van der Waals surface area contributed by atoms with Crippen LogP contribution in [0.5, 0.6) is 28.7 Å². The Morgan fingerprint density at radius 2 is 1.38 bits per heavy atom. The highest BCUT2D eigenvalue weighted by Gasteiger charge is 2.45. The number of fused-ring (bicyclic) bond motifs is 1. The Hall–Kier alpha value is -2.56. The molecule has 1 heterocycles. The first-order valence-corrected chi connectivity index (χ1v) is 7.82. The van der Waals surface area contributed by atoms with Gasteiger partial charge in [0, 0.05) is 23.6 Å². The molecule has 3 rings (SSSR count). The van der Waals surface area contributed by atoms with E-state index in [9.17, 15) is 20.4 Å². The molecule has 2 aromatic rings. The lowest BCUT2D eigenvalue weighted by Gasteiger charge is -2.44. The second kappa shape index (κ2) is 4.97. The summed E-state index contributed by atoms with van der Waals surface area (Å²) in [6.07, 6.45) is 0.521. The third-order valence-electron chi connectivity index (χ3n) is 4.80. The maximum absolute atomic E-state index is 10.4. The molecule has 1 atom stereocenters. The molecule has 0 aliphatic carbocycles. The Bertz CT molecular complexity index is 825. The Morgan fingerprint density at radius 3 is 2.04 bits per heavy atom. The molecule has 0 fully saturated rings. The van der Waals surface area contributed by atoms with Gasteiger partial charge in [-0.1, -0.05) is 13.8 Å². The van der Waals surface area contributed by atoms with Crippen LogP contribution in [0, 0.1) is 6.92 Å². The fourth-order valence-electron chi connectivity index (χ4n) is 3.64. The minimum absolute atomic E-state index is 0.0510. The van der Waals surface area contributed by atoms with Crippen molar-refractivity contribution in [3.05, 3.63) is 41.0 Å². The zero-order valence-corrected chi connectivity index (χ0v) is 14.2. The summed E-state index contributed by atoms with van der Waals surface area (Å²) in [6.45, 7) is 7.57. The van der Waals surface area contributed by atoms with Crippen LogP contribution in [0.25, 0.3) is 0 Å². The highest BCUT2D eigenvalue weighted by molar-refractivity contribution is 5.55. The lowest BCUT2D eigenvalue weighted by molar-refractivity contribution is 0.0298. The van der Waals surface area contributed by atoms with Crippen molar-refractivity contribution in [3.63, 3.8) is 0 Å². The number of hydrogen-bond donors (Lipinski definition) is 4. The normalized spacial score (nSPS) is 21.8. The van der Waals surface area contributed by atoms with E-state index in [1.807, 2.05) is 20.8 Å². The molecule has 5 nitrogen and oxygen atoms in total. The molecular weight excluding hydrogens is 308 g/mol. The first-order chi connectivity index (χ1) is 11.0. The standard InChI is InChI=1S/C19H22O5/c1-10-5-14(21)11(6-13(10)20)19(4)9-18(2,3)12-7-15(22)16(23)8-17(12)24-19/h5-8,20-23H,9H2,1-4H3. The molecule has 0 saturated heterocycles. The largest absolute Gasteiger partial charge is 0.508 e. The zero-order valence-electron chi connectivity index (χ0n) is 14.2. The van der Waals surface area contributed by atoms with E-state index in [-0.39, 0.29) is 28.4 Å². The van der Waals surface area contributed by atoms with Gasteiger partial charge in [-0.2, -0.15) is 0 Å². The summed E-state index contributed by atoms with van der Waals surface area (Å²) in [6, 6.07) is 5.92. The second-order valence-electron chi connectivity index (χ2n) is 7.39. The third kappa shape index (κ3) is 2.40. The number of phenolic OH excluding ortho intramolecular Hbond substituents is 4. The van der Waals surface area contributed by atoms with Crippen molar-refractivity contribution in [1.82, 2.24) is 0 Å². The minimum Gasteiger partial charge on any atom is -0.508 e. The number of rotatable bonds is 1. The summed E-state index contributed by atoms with van der Waals surface area (Å²) in [5.74, 6) is 0.137. The molecule has 0 bridgehead atoms. The predicted octanol–water partition coefficient (Wildman–Crippen LogP) is 3.79. The maximum atomic E-state index is 10.4. The van der Waals surface area contributed by atoms with Gasteiger partial charge in [0.15, 0.2) is 11.5 Å². The molecule has 0 aromatic heterocycles. The number of aromatic hydroxyl groups is 4. The van der Waals surface area contributed by atoms with Gasteiger partial charge in [0.2, 0.25) is 0 Å². The molecule has 1 aliphatic rings. The van der Waals surface area contributed by atoms with Crippen molar-refractivity contribution >= 4 is 0 Å². The molecule has 5 heteroatoms. The quantitative estimate of drug-likeness (QED) is 0.472. The topological polar surface area (TPSA) is 90.2 Å². The molecule has 0 radical (unpaired) electrons. The number of hydrogen-bond acceptors (Lipinski definition) is 5. The summed E-state index contributed by atoms with van der Waals surface area (Å²) < 4.78 is 6.11. The van der Waals surface area contributed by atoms with Crippen LogP contribution in [0.3, 0.4) is 0 Å². The number of benzene rings is 2. The van der Waals surface area contributed by atoms with Crippen LogP contribution in [0.2, 0.25) is 0 Å². The van der Waals surface area contributed by atoms with Crippen LogP contribution < -0.4 is 4.74 Å². The van der Waals surface area contributed by atoms with Gasteiger partial charge in [-0.3, -0.25) is 0 Å². The minimum atomic E-state index is -0.894. The van der Waals surface area contributed by atoms with E-state index in [4.69, 9.17) is 4.74 Å². The molecule has 128 valence electrons. The number of phenols is 4. The van der Waals surface area contributed by atoms with E-state index in [1.54, 1.807) is 6.92 Å². The van der Waals surface area contributed by atoms with Gasteiger partial charge in [0.25, 0.3) is 0 Å². The van der Waals surface area contributed by atoms with Gasteiger partial charge in [0.1, 0.15) is 22.8 Å². The average molecular weight is 330 g/mol. The first kappa shape index (κ1) is 16.3. The van der Waals surface area contributed by atoms with Gasteiger partial charge in [-0.05, 0) is 43.0 Å². The molecule has 0 spiro atoms. The smallest absolute Gasteiger partial charge is 0.161 e. The molecule has 0 amide bonds. The summed E-state index contributed by atoms with van der Waals surface area (Å²) in [5.41, 5.74) is 0.580. The average Bonchev–Trinajstić information content (AvgIpc) is 2.44. The number of aryl methyl sites for hydroxylation is 1. The fraction of sp³-hybridized carbons (Fsp3) is 0.368. The SMILES string of the molecule is Cc1cc(O)c(C2(C)CC(C)(C)c3cc(O)c(O)cc3O2)cc1O. The van der Waals surface area contributed by atoms with Crippen LogP contribution in [-0.4, -0.2) is 20.4 Å². The Morgan fingerprint density at radius 1 is 0.792 bits per heavy atom. The van der Waals surface area contributed by atoms with Gasteiger partial charge in [-0.15, -0.1) is 0 Å². The van der Waals surface area contributed by atoms with Crippen molar-refractivity contribution in [2.45, 2.75) is 45.1 Å². The zero-order chi connectivity index (χ0) is 17.9. The summed E-state index contributed by atoms with van der Waals surface area (Å²) in [7, 11) is 0. The van der Waals surface area contributed by atoms with Crippen LogP contribution >= 0.6 is 0 Å². The van der Waals surface area contributed by atoms with Crippen LogP contribution in [0.1, 0.15) is 43.9 Å². The van der Waals surface area contributed by atoms with Gasteiger partial charge < -0.3 is 25.2 Å². The van der Waals surface area contributed by atoms with Crippen molar-refractivity contribution in [1.29, 1.82) is 0 Å². The van der Waals surface area contributed by atoms with Crippen LogP contribution in [0.4, 0.5) is 0 Å². The molecule has 2 aromatic carbocycles. The molecule has 0 saturated carbocycles. The van der Waals surface area contributed by atoms with Crippen molar-refractivity contribution in [2.75, 3.05) is 0 Å². The van der Waals surface area contributed by atoms with Gasteiger partial charge >= 0.3 is 0 Å². The Labute approximate surface area is 140 Å². The fourth-order valence-corrected chi connectivity index (χ4v) is 3.64. The molecular formula is C19H22O5. The van der Waals surface area contributed by atoms with Crippen molar-refractivity contribution in [2.24, 2.45) is 0 Å². The predicted molar refractivity (Wildman–Crippen MR) is 89.9 cm³/mol. The lowest BCUT2D eigenvalue weighted by Crippen LogP contribution is -2.41. The third-order valence-corrected chi connectivity index (χ3v) is 4.80. The summed E-state index contributed by atoms with van der Waals surface area (Å²) in [4.78, 5) is 0. The van der Waals surface area contributed by atoms with Gasteiger partial charge in [-0.25, -0.2) is 0 Å². The first-order valence-electron chi connectivity index (χ1n) is 7.82. The molecule has 4 N–H and O–H groups in total. The summed E-state index contributed by atoms with van der Waals surface area (Å²) >= 11 is 0. The van der Waals surface area contributed by atoms with E-state index in [1.165, 1.54) is 24.3 Å².